The molecule has 3 N–H and O–H groups in total. The van der Waals surface area contributed by atoms with E-state index in [0.717, 1.165) is 6.07 Å². The number of hydrogen-bond acceptors (Lipinski definition) is 3. The molecule has 0 aliphatic rings. The SMILES string of the molecule is Cl.N[C@@H](CO)c1cc(Br)cc(OC(F)(F)F)c1. The summed E-state index contributed by atoms with van der Waals surface area (Å²) in [4.78, 5) is 0. The summed E-state index contributed by atoms with van der Waals surface area (Å²) in [5.41, 5.74) is 5.85. The number of alkyl halides is 3. The fourth-order valence-corrected chi connectivity index (χ4v) is 1.59. The molecule has 1 atom stereocenters. The zero-order valence-corrected chi connectivity index (χ0v) is 10.8. The van der Waals surface area contributed by atoms with Crippen LogP contribution in [0.1, 0.15) is 11.6 Å². The Kier molecular flexibility index (Phi) is 6.25. The van der Waals surface area contributed by atoms with Crippen molar-refractivity contribution < 1.29 is 23.0 Å². The molecule has 0 bridgehead atoms. The summed E-state index contributed by atoms with van der Waals surface area (Å²) < 4.78 is 40.1. The van der Waals surface area contributed by atoms with Crippen LogP contribution in [0, 0.1) is 0 Å². The van der Waals surface area contributed by atoms with Crippen molar-refractivity contribution in [3.63, 3.8) is 0 Å². The number of aliphatic hydroxyl groups excluding tert-OH is 1. The van der Waals surface area contributed by atoms with Crippen LogP contribution >= 0.6 is 28.3 Å². The lowest BCUT2D eigenvalue weighted by molar-refractivity contribution is -0.274. The minimum atomic E-state index is -4.75. The zero-order chi connectivity index (χ0) is 12.3. The largest absolute Gasteiger partial charge is 0.573 e. The average Bonchev–Trinajstić information content (AvgIpc) is 2.12. The van der Waals surface area contributed by atoms with Crippen LogP contribution in [0.2, 0.25) is 0 Å². The van der Waals surface area contributed by atoms with Gasteiger partial charge in [-0.15, -0.1) is 25.6 Å². The second-order valence-corrected chi connectivity index (χ2v) is 3.97. The minimum Gasteiger partial charge on any atom is -0.406 e. The Morgan fingerprint density at radius 1 is 1.35 bits per heavy atom. The summed E-state index contributed by atoms with van der Waals surface area (Å²) >= 11 is 3.03. The number of nitrogens with two attached hydrogens (primary N) is 1. The smallest absolute Gasteiger partial charge is 0.406 e. The summed E-state index contributed by atoms with van der Waals surface area (Å²) in [6.07, 6.45) is -4.75. The molecule has 1 aromatic carbocycles. The Morgan fingerprint density at radius 2 is 1.94 bits per heavy atom. The third kappa shape index (κ3) is 5.58. The van der Waals surface area contributed by atoms with E-state index in [9.17, 15) is 13.2 Å². The van der Waals surface area contributed by atoms with Crippen LogP contribution in [-0.2, 0) is 0 Å². The maximum atomic E-state index is 12.0. The van der Waals surface area contributed by atoms with Crippen LogP contribution in [0.3, 0.4) is 0 Å². The summed E-state index contributed by atoms with van der Waals surface area (Å²) in [7, 11) is 0. The van der Waals surface area contributed by atoms with Crippen LogP contribution in [0.15, 0.2) is 22.7 Å². The van der Waals surface area contributed by atoms with E-state index in [1.54, 1.807) is 0 Å². The molecule has 0 saturated heterocycles. The summed E-state index contributed by atoms with van der Waals surface area (Å²) in [6, 6.07) is 3.08. The fraction of sp³-hybridized carbons (Fsp3) is 0.333. The van der Waals surface area contributed by atoms with Gasteiger partial charge in [-0.05, 0) is 23.8 Å². The second-order valence-electron chi connectivity index (χ2n) is 3.06. The molecule has 0 heterocycles. The minimum absolute atomic E-state index is 0. The van der Waals surface area contributed by atoms with Gasteiger partial charge in [0.05, 0.1) is 12.6 Å². The Balaban J connectivity index is 0.00000256. The lowest BCUT2D eigenvalue weighted by Crippen LogP contribution is -2.18. The molecular weight excluding hydrogens is 326 g/mol. The molecule has 0 fully saturated rings. The molecule has 0 amide bonds. The number of ether oxygens (including phenoxy) is 1. The normalized spacial score (nSPS) is 12.8. The van der Waals surface area contributed by atoms with Crippen molar-refractivity contribution in [2.45, 2.75) is 12.4 Å². The van der Waals surface area contributed by atoms with Gasteiger partial charge < -0.3 is 15.6 Å². The molecule has 1 rings (SSSR count). The molecule has 3 nitrogen and oxygen atoms in total. The molecule has 0 spiro atoms. The van der Waals surface area contributed by atoms with E-state index in [4.69, 9.17) is 10.8 Å². The highest BCUT2D eigenvalue weighted by molar-refractivity contribution is 9.10. The maximum absolute atomic E-state index is 12.0. The first kappa shape index (κ1) is 16.5. The topological polar surface area (TPSA) is 55.5 Å². The van der Waals surface area contributed by atoms with E-state index >= 15 is 0 Å². The lowest BCUT2D eigenvalue weighted by atomic mass is 10.1. The third-order valence-corrected chi connectivity index (χ3v) is 2.21. The molecule has 98 valence electrons. The Labute approximate surface area is 110 Å². The third-order valence-electron chi connectivity index (χ3n) is 1.75. The van der Waals surface area contributed by atoms with Crippen molar-refractivity contribution in [3.8, 4) is 5.75 Å². The summed E-state index contributed by atoms with van der Waals surface area (Å²) in [6.45, 7) is -0.359. The van der Waals surface area contributed by atoms with Crippen LogP contribution in [-0.4, -0.2) is 18.1 Å². The number of hydrogen-bond donors (Lipinski definition) is 2. The number of aliphatic hydroxyl groups is 1. The van der Waals surface area contributed by atoms with E-state index in [1.165, 1.54) is 12.1 Å². The van der Waals surface area contributed by atoms with Gasteiger partial charge in [0.1, 0.15) is 5.75 Å². The van der Waals surface area contributed by atoms with Crippen molar-refractivity contribution in [3.05, 3.63) is 28.2 Å². The lowest BCUT2D eigenvalue weighted by Gasteiger charge is -2.13. The van der Waals surface area contributed by atoms with Crippen molar-refractivity contribution in [2.24, 2.45) is 5.73 Å². The first-order valence-corrected chi connectivity index (χ1v) is 5.04. The fourth-order valence-electron chi connectivity index (χ4n) is 1.10. The average molecular weight is 337 g/mol. The van der Waals surface area contributed by atoms with Crippen molar-refractivity contribution in [1.29, 1.82) is 0 Å². The van der Waals surface area contributed by atoms with Gasteiger partial charge in [0.25, 0.3) is 0 Å². The van der Waals surface area contributed by atoms with Crippen LogP contribution in [0.25, 0.3) is 0 Å². The quantitative estimate of drug-likeness (QED) is 0.892. The molecule has 0 unspecified atom stereocenters. The molecule has 17 heavy (non-hydrogen) atoms. The highest BCUT2D eigenvalue weighted by Crippen LogP contribution is 2.28. The monoisotopic (exact) mass is 335 g/mol. The Bertz CT molecular complexity index is 376. The van der Waals surface area contributed by atoms with Crippen LogP contribution in [0.4, 0.5) is 13.2 Å². The first-order chi connectivity index (χ1) is 7.31. The van der Waals surface area contributed by atoms with E-state index in [0.29, 0.717) is 10.0 Å². The van der Waals surface area contributed by atoms with Gasteiger partial charge in [0.15, 0.2) is 0 Å². The standard InChI is InChI=1S/C9H9BrF3NO2.ClH/c10-6-1-5(8(14)4-15)2-7(3-6)16-9(11,12)13;/h1-3,8,15H,4,14H2;1H/t8-;/m0./s1. The molecular formula is C9H10BrClF3NO2. The van der Waals surface area contributed by atoms with Gasteiger partial charge >= 0.3 is 6.36 Å². The molecule has 1 aromatic rings. The number of benzene rings is 1. The van der Waals surface area contributed by atoms with Crippen molar-refractivity contribution in [2.75, 3.05) is 6.61 Å². The molecule has 0 aliphatic heterocycles. The van der Waals surface area contributed by atoms with Gasteiger partial charge in [-0.3, -0.25) is 0 Å². The molecule has 8 heteroatoms. The predicted octanol–water partition coefficient (Wildman–Crippen LogP) is 2.76. The summed E-state index contributed by atoms with van der Waals surface area (Å²) in [5, 5.41) is 8.80. The van der Waals surface area contributed by atoms with E-state index < -0.39 is 12.4 Å². The number of halogens is 5. The van der Waals surface area contributed by atoms with Gasteiger partial charge in [0.2, 0.25) is 0 Å². The van der Waals surface area contributed by atoms with Crippen molar-refractivity contribution in [1.82, 2.24) is 0 Å². The van der Waals surface area contributed by atoms with Crippen LogP contribution < -0.4 is 10.5 Å². The molecule has 0 radical (unpaired) electrons. The number of rotatable bonds is 3. The maximum Gasteiger partial charge on any atom is 0.573 e. The summed E-state index contributed by atoms with van der Waals surface area (Å²) in [5.74, 6) is -0.374. The van der Waals surface area contributed by atoms with Gasteiger partial charge in [-0.25, -0.2) is 0 Å². The predicted molar refractivity (Wildman–Crippen MR) is 62.1 cm³/mol. The van der Waals surface area contributed by atoms with Gasteiger partial charge in [-0.2, -0.15) is 0 Å². The highest BCUT2D eigenvalue weighted by atomic mass is 79.9. The molecule has 0 aliphatic carbocycles. The zero-order valence-electron chi connectivity index (χ0n) is 8.37. The van der Waals surface area contributed by atoms with Crippen LogP contribution in [0.5, 0.6) is 5.75 Å². The van der Waals surface area contributed by atoms with Crippen molar-refractivity contribution >= 4 is 28.3 Å². The van der Waals surface area contributed by atoms with E-state index in [1.807, 2.05) is 0 Å². The second kappa shape index (κ2) is 6.44. The Morgan fingerprint density at radius 3 is 2.41 bits per heavy atom. The molecule has 0 aromatic heterocycles. The first-order valence-electron chi connectivity index (χ1n) is 4.24. The van der Waals surface area contributed by atoms with E-state index in [2.05, 4.69) is 20.7 Å². The van der Waals surface area contributed by atoms with Gasteiger partial charge in [-0.1, -0.05) is 15.9 Å². The Hall–Kier alpha value is -0.500. The molecule has 0 saturated carbocycles. The highest BCUT2D eigenvalue weighted by Gasteiger charge is 2.31. The van der Waals surface area contributed by atoms with E-state index in [-0.39, 0.29) is 24.8 Å². The van der Waals surface area contributed by atoms with Gasteiger partial charge in [0, 0.05) is 4.47 Å².